The van der Waals surface area contributed by atoms with Gasteiger partial charge in [0.1, 0.15) is 0 Å². The van der Waals surface area contributed by atoms with E-state index in [1.165, 1.54) is 6.33 Å². The van der Waals surface area contributed by atoms with Gasteiger partial charge in [0.2, 0.25) is 0 Å². The third-order valence-electron chi connectivity index (χ3n) is 6.34. The van der Waals surface area contributed by atoms with Crippen molar-refractivity contribution in [2.45, 2.75) is 13.5 Å². The van der Waals surface area contributed by atoms with Crippen LogP contribution in [0.2, 0.25) is 5.02 Å². The molecule has 3 aromatic carbocycles. The first kappa shape index (κ1) is 31.1. The Hall–Kier alpha value is -5.42. The Kier molecular flexibility index (Phi) is 9.51. The van der Waals surface area contributed by atoms with Gasteiger partial charge in [-0.1, -0.05) is 67.6 Å². The van der Waals surface area contributed by atoms with E-state index < -0.39 is 23.9 Å². The van der Waals surface area contributed by atoms with Gasteiger partial charge >= 0.3 is 17.9 Å². The van der Waals surface area contributed by atoms with Crippen LogP contribution in [0.25, 0.3) is 22.0 Å². The van der Waals surface area contributed by atoms with Gasteiger partial charge in [-0.3, -0.25) is 4.79 Å². The number of aromatic nitrogens is 3. The summed E-state index contributed by atoms with van der Waals surface area (Å²) in [6.07, 6.45) is 1.43. The zero-order valence-electron chi connectivity index (χ0n) is 21.4. The molecule has 0 saturated heterocycles. The van der Waals surface area contributed by atoms with Crippen molar-refractivity contribution in [3.8, 4) is 11.1 Å². The number of imidazole rings is 1. The van der Waals surface area contributed by atoms with Gasteiger partial charge in [-0.2, -0.15) is 0 Å². The number of hydrogen-bond acceptors (Lipinski definition) is 6. The molecule has 2 heterocycles. The number of nitrogens with two attached hydrogens (primary N) is 1. The number of halogens is 1. The molecule has 0 bridgehead atoms. The van der Waals surface area contributed by atoms with Crippen molar-refractivity contribution in [2.75, 3.05) is 5.73 Å². The molecule has 1 atom stereocenters. The Morgan fingerprint density at radius 2 is 1.48 bits per heavy atom. The number of benzene rings is 3. The van der Waals surface area contributed by atoms with Crippen LogP contribution in [0.5, 0.6) is 0 Å². The average molecular weight is 591 g/mol. The lowest BCUT2D eigenvalue weighted by Gasteiger charge is -2.22. The quantitative estimate of drug-likeness (QED) is 0.210. The fraction of sp³-hybridized carbons (Fsp3) is 0.100. The minimum absolute atomic E-state index is 0. The van der Waals surface area contributed by atoms with Crippen LogP contribution in [0.15, 0.2) is 90.0 Å². The van der Waals surface area contributed by atoms with Crippen molar-refractivity contribution < 1.29 is 29.7 Å². The number of carbonyl (C=O) groups is 3. The van der Waals surface area contributed by atoms with Crippen molar-refractivity contribution in [3.63, 3.8) is 0 Å². The van der Waals surface area contributed by atoms with E-state index in [1.807, 2.05) is 60.7 Å². The monoisotopic (exact) mass is 590 g/mol. The molecule has 0 radical (unpaired) electrons. The normalized spacial score (nSPS) is 11.1. The second-order valence-electron chi connectivity index (χ2n) is 8.85. The summed E-state index contributed by atoms with van der Waals surface area (Å²) in [4.78, 5) is 47.0. The van der Waals surface area contributed by atoms with Gasteiger partial charge in [0, 0.05) is 23.5 Å². The molecule has 5 rings (SSSR count). The Bertz CT molecular complexity index is 1820. The fourth-order valence-corrected chi connectivity index (χ4v) is 4.58. The summed E-state index contributed by atoms with van der Waals surface area (Å²) < 4.78 is 3.15. The maximum absolute atomic E-state index is 12.7. The second kappa shape index (κ2) is 12.8. The molecule has 12 heteroatoms. The number of nitrogen functional groups attached to an aromatic ring is 1. The number of nitrogens with zero attached hydrogens (tertiary/aromatic N) is 3. The van der Waals surface area contributed by atoms with Gasteiger partial charge in [0.15, 0.2) is 11.5 Å². The van der Waals surface area contributed by atoms with Gasteiger partial charge in [-0.05, 0) is 46.5 Å². The van der Waals surface area contributed by atoms with Crippen molar-refractivity contribution in [3.05, 3.63) is 117 Å². The van der Waals surface area contributed by atoms with Crippen LogP contribution in [-0.2, 0) is 16.6 Å². The number of aromatic carboxylic acids is 1. The van der Waals surface area contributed by atoms with Crippen LogP contribution < -0.4 is 11.3 Å². The van der Waals surface area contributed by atoms with Crippen LogP contribution in [0, 0.1) is 0 Å². The molecular formula is C30H27ClN4O7. The summed E-state index contributed by atoms with van der Waals surface area (Å²) in [5.74, 6) is -4.89. The summed E-state index contributed by atoms with van der Waals surface area (Å²) in [5, 5.41) is 26.1. The summed E-state index contributed by atoms with van der Waals surface area (Å²) in [6.45, 7) is 0. The summed E-state index contributed by atoms with van der Waals surface area (Å²) in [6, 6.07) is 23.7. The first-order valence-electron chi connectivity index (χ1n) is 12.0. The lowest BCUT2D eigenvalue weighted by Crippen LogP contribution is -2.19. The Morgan fingerprint density at radius 1 is 0.881 bits per heavy atom. The third kappa shape index (κ3) is 6.31. The van der Waals surface area contributed by atoms with Gasteiger partial charge in [-0.25, -0.2) is 19.4 Å². The van der Waals surface area contributed by atoms with Crippen molar-refractivity contribution in [1.29, 1.82) is 0 Å². The SMILES string of the molecule is C.Cn1c(=O)cc(-c2ccccc2)c2cc(C(c3ccc(Cl)cc3)n3cnc(N)c3C(=O)O)ccc21.O=C(O)C(=O)O. The van der Waals surface area contributed by atoms with Gasteiger partial charge in [-0.15, -0.1) is 0 Å². The van der Waals surface area contributed by atoms with Crippen LogP contribution in [0.3, 0.4) is 0 Å². The molecule has 0 saturated carbocycles. The molecule has 0 aliphatic heterocycles. The van der Waals surface area contributed by atoms with Gasteiger partial charge < -0.3 is 30.2 Å². The lowest BCUT2D eigenvalue weighted by atomic mass is 9.94. The molecule has 2 aromatic heterocycles. The topological polar surface area (TPSA) is 178 Å². The number of aryl methyl sites for hydroxylation is 1. The minimum Gasteiger partial charge on any atom is -0.476 e. The zero-order valence-corrected chi connectivity index (χ0v) is 22.2. The fourth-order valence-electron chi connectivity index (χ4n) is 4.46. The number of carboxylic acids is 3. The molecule has 5 N–H and O–H groups in total. The van der Waals surface area contributed by atoms with Crippen LogP contribution in [-0.4, -0.2) is 47.3 Å². The molecule has 216 valence electrons. The number of anilines is 1. The Morgan fingerprint density at radius 3 is 2.05 bits per heavy atom. The molecule has 0 aliphatic carbocycles. The number of aliphatic carboxylic acids is 2. The Labute approximate surface area is 244 Å². The predicted molar refractivity (Wildman–Crippen MR) is 159 cm³/mol. The smallest absolute Gasteiger partial charge is 0.414 e. The molecular weight excluding hydrogens is 564 g/mol. The molecule has 0 fully saturated rings. The van der Waals surface area contributed by atoms with E-state index in [9.17, 15) is 14.7 Å². The van der Waals surface area contributed by atoms with Crippen molar-refractivity contribution in [2.24, 2.45) is 7.05 Å². The summed E-state index contributed by atoms with van der Waals surface area (Å²) in [7, 11) is 1.73. The molecule has 5 aromatic rings. The number of rotatable bonds is 5. The molecule has 42 heavy (non-hydrogen) atoms. The predicted octanol–water partition coefficient (Wildman–Crippen LogP) is 4.77. The van der Waals surface area contributed by atoms with Crippen LogP contribution >= 0.6 is 11.6 Å². The third-order valence-corrected chi connectivity index (χ3v) is 6.59. The first-order chi connectivity index (χ1) is 19.5. The lowest BCUT2D eigenvalue weighted by molar-refractivity contribution is -0.159. The van der Waals surface area contributed by atoms with Gasteiger partial charge in [0.25, 0.3) is 5.56 Å². The minimum atomic E-state index is -1.82. The number of hydrogen-bond donors (Lipinski definition) is 4. The van der Waals surface area contributed by atoms with Crippen molar-refractivity contribution in [1.82, 2.24) is 14.1 Å². The zero-order chi connectivity index (χ0) is 29.8. The number of fused-ring (bicyclic) bond motifs is 1. The highest BCUT2D eigenvalue weighted by Gasteiger charge is 2.25. The first-order valence-corrected chi connectivity index (χ1v) is 12.3. The largest absolute Gasteiger partial charge is 0.476 e. The summed E-state index contributed by atoms with van der Waals surface area (Å²) in [5.41, 5.74) is 9.77. The van der Waals surface area contributed by atoms with E-state index in [2.05, 4.69) is 4.98 Å². The molecule has 0 amide bonds. The Balaban J connectivity index is 0.000000628. The van der Waals surface area contributed by atoms with E-state index in [-0.39, 0.29) is 24.5 Å². The van der Waals surface area contributed by atoms with Crippen LogP contribution in [0.1, 0.15) is 35.1 Å². The van der Waals surface area contributed by atoms with Crippen LogP contribution in [0.4, 0.5) is 5.82 Å². The maximum atomic E-state index is 12.7. The maximum Gasteiger partial charge on any atom is 0.414 e. The molecule has 0 aliphatic rings. The second-order valence-corrected chi connectivity index (χ2v) is 9.29. The average Bonchev–Trinajstić information content (AvgIpc) is 3.33. The molecule has 0 spiro atoms. The summed E-state index contributed by atoms with van der Waals surface area (Å²) >= 11 is 6.13. The number of pyridine rings is 1. The van der Waals surface area contributed by atoms with E-state index >= 15 is 0 Å². The highest BCUT2D eigenvalue weighted by Crippen LogP contribution is 2.34. The van der Waals surface area contributed by atoms with Crippen molar-refractivity contribution >= 4 is 46.2 Å². The van der Waals surface area contributed by atoms with E-state index in [0.29, 0.717) is 5.02 Å². The van der Waals surface area contributed by atoms with E-state index in [1.54, 1.807) is 34.4 Å². The van der Waals surface area contributed by atoms with Gasteiger partial charge in [0.05, 0.1) is 17.9 Å². The molecule has 11 nitrogen and oxygen atoms in total. The van der Waals surface area contributed by atoms with E-state index in [4.69, 9.17) is 37.1 Å². The number of carboxylic acid groups (broad SMARTS) is 3. The standard InChI is InChI=1S/C27H21ClN4O3.C2H2O4.CH4/c1-31-22-12-9-18(13-21(22)20(14-23(31)33)16-5-3-2-4-6-16)24(17-7-10-19(28)11-8-17)32-15-30-26(29)25(32)27(34)35;3-1(4)2(5)6;/h2-15,24H,29H2,1H3,(H,34,35);(H,3,4)(H,5,6);1H4. The highest BCUT2D eigenvalue weighted by atomic mass is 35.5. The highest BCUT2D eigenvalue weighted by molar-refractivity contribution is 6.30. The molecule has 1 unspecified atom stereocenters. The van der Waals surface area contributed by atoms with E-state index in [0.717, 1.165) is 33.2 Å².